The fourth-order valence-corrected chi connectivity index (χ4v) is 3.32. The summed E-state index contributed by atoms with van der Waals surface area (Å²) in [5.74, 6) is -1.41. The minimum Gasteiger partial charge on any atom is -0.481 e. The van der Waals surface area contributed by atoms with Crippen molar-refractivity contribution in [1.82, 2.24) is 9.88 Å². The van der Waals surface area contributed by atoms with Crippen LogP contribution < -0.4 is 0 Å². The summed E-state index contributed by atoms with van der Waals surface area (Å²) in [5.41, 5.74) is 1.77. The van der Waals surface area contributed by atoms with Gasteiger partial charge in [0.25, 0.3) is 0 Å². The molecule has 1 N–H and O–H groups in total. The van der Waals surface area contributed by atoms with Crippen LogP contribution in [0.5, 0.6) is 0 Å². The maximum absolute atomic E-state index is 12.5. The molecule has 5 nitrogen and oxygen atoms in total. The first-order chi connectivity index (χ1) is 11.7. The highest BCUT2D eigenvalue weighted by Gasteiger charge is 2.40. The van der Waals surface area contributed by atoms with Gasteiger partial charge in [-0.1, -0.05) is 36.4 Å². The number of pyridine rings is 1. The van der Waals surface area contributed by atoms with Crippen molar-refractivity contribution in [3.8, 4) is 0 Å². The van der Waals surface area contributed by atoms with Gasteiger partial charge in [0, 0.05) is 31.3 Å². The zero-order chi connectivity index (χ0) is 16.9. The van der Waals surface area contributed by atoms with Crippen LogP contribution in [0.2, 0.25) is 0 Å². The van der Waals surface area contributed by atoms with Crippen LogP contribution in [0.1, 0.15) is 30.1 Å². The Morgan fingerprint density at radius 3 is 2.58 bits per heavy atom. The largest absolute Gasteiger partial charge is 0.481 e. The van der Waals surface area contributed by atoms with Crippen LogP contribution in [0, 0.1) is 5.92 Å². The van der Waals surface area contributed by atoms with Crippen LogP contribution in [0.3, 0.4) is 0 Å². The van der Waals surface area contributed by atoms with Crippen molar-refractivity contribution in [2.75, 3.05) is 6.54 Å². The van der Waals surface area contributed by atoms with Crippen LogP contribution in [-0.2, 0) is 16.0 Å². The van der Waals surface area contributed by atoms with Crippen LogP contribution >= 0.6 is 0 Å². The molecule has 0 aliphatic carbocycles. The third-order valence-electron chi connectivity index (χ3n) is 4.50. The Morgan fingerprint density at radius 1 is 1.17 bits per heavy atom. The van der Waals surface area contributed by atoms with E-state index in [4.69, 9.17) is 0 Å². The summed E-state index contributed by atoms with van der Waals surface area (Å²) in [4.78, 5) is 30.2. The van der Waals surface area contributed by atoms with Gasteiger partial charge in [0.15, 0.2) is 0 Å². The van der Waals surface area contributed by atoms with Crippen molar-refractivity contribution < 1.29 is 14.7 Å². The summed E-state index contributed by atoms with van der Waals surface area (Å²) in [6.07, 6.45) is 3.00. The number of carboxylic acids is 1. The fraction of sp³-hybridized carbons (Fsp3) is 0.316. The highest BCUT2D eigenvalue weighted by molar-refractivity contribution is 5.81. The van der Waals surface area contributed by atoms with Gasteiger partial charge in [0.05, 0.1) is 12.0 Å². The van der Waals surface area contributed by atoms with Crippen molar-refractivity contribution in [3.63, 3.8) is 0 Å². The number of hydrogen-bond donors (Lipinski definition) is 1. The molecule has 124 valence electrons. The monoisotopic (exact) mass is 324 g/mol. The lowest BCUT2D eigenvalue weighted by molar-refractivity contribution is -0.152. The smallest absolute Gasteiger partial charge is 0.308 e. The molecule has 0 bridgehead atoms. The van der Waals surface area contributed by atoms with Crippen molar-refractivity contribution in [1.29, 1.82) is 0 Å². The molecule has 1 aliphatic heterocycles. The van der Waals surface area contributed by atoms with Gasteiger partial charge in [-0.25, -0.2) is 0 Å². The molecule has 2 aromatic rings. The zero-order valence-corrected chi connectivity index (χ0v) is 13.3. The third-order valence-corrected chi connectivity index (χ3v) is 4.50. The fourth-order valence-electron chi connectivity index (χ4n) is 3.32. The van der Waals surface area contributed by atoms with Gasteiger partial charge in [-0.15, -0.1) is 0 Å². The number of nitrogens with zero attached hydrogens (tertiary/aromatic N) is 2. The van der Waals surface area contributed by atoms with Gasteiger partial charge in [-0.3, -0.25) is 14.6 Å². The number of carbonyl (C=O) groups is 2. The van der Waals surface area contributed by atoms with E-state index in [9.17, 15) is 14.7 Å². The van der Waals surface area contributed by atoms with E-state index in [1.165, 1.54) is 0 Å². The third kappa shape index (κ3) is 3.45. The molecule has 0 spiro atoms. The van der Waals surface area contributed by atoms with Crippen LogP contribution in [0.25, 0.3) is 0 Å². The van der Waals surface area contributed by atoms with Gasteiger partial charge in [0.1, 0.15) is 0 Å². The first-order valence-corrected chi connectivity index (χ1v) is 8.14. The number of carbonyl (C=O) groups excluding carboxylic acids is 1. The first kappa shape index (κ1) is 16.2. The maximum atomic E-state index is 12.5. The lowest BCUT2D eigenvalue weighted by Gasteiger charge is -2.39. The number of aromatic nitrogens is 1. The summed E-state index contributed by atoms with van der Waals surface area (Å²) in [6, 6.07) is 14.7. The topological polar surface area (TPSA) is 70.5 Å². The van der Waals surface area contributed by atoms with E-state index in [0.717, 1.165) is 11.3 Å². The normalized spacial score (nSPS) is 20.8. The average molecular weight is 324 g/mol. The number of aliphatic carboxylic acids is 1. The molecule has 1 fully saturated rings. The van der Waals surface area contributed by atoms with Gasteiger partial charge < -0.3 is 10.0 Å². The molecule has 24 heavy (non-hydrogen) atoms. The van der Waals surface area contributed by atoms with E-state index >= 15 is 0 Å². The molecule has 2 heterocycles. The van der Waals surface area contributed by atoms with Crippen molar-refractivity contribution in [2.45, 2.75) is 25.3 Å². The second kappa shape index (κ2) is 7.25. The Kier molecular flexibility index (Phi) is 4.89. The number of hydrogen-bond acceptors (Lipinski definition) is 3. The molecule has 1 saturated heterocycles. The van der Waals surface area contributed by atoms with E-state index in [2.05, 4.69) is 4.98 Å². The summed E-state index contributed by atoms with van der Waals surface area (Å²) in [5, 5.41) is 9.61. The first-order valence-electron chi connectivity index (χ1n) is 8.14. The molecule has 2 atom stereocenters. The predicted molar refractivity (Wildman–Crippen MR) is 89.2 cm³/mol. The zero-order valence-electron chi connectivity index (χ0n) is 13.3. The highest BCUT2D eigenvalue weighted by Crippen LogP contribution is 2.36. The standard InChI is InChI=1S/C19H20N2O3/c22-17-10-9-16(19(23)24)18(14-6-2-1-3-7-14)21(17)13-11-15-8-4-5-12-20-15/h1-8,12,16,18H,9-11,13H2,(H,23,24)/t16-,18+/m0/s1. The Labute approximate surface area is 140 Å². The quantitative estimate of drug-likeness (QED) is 0.918. The number of likely N-dealkylation sites (tertiary alicyclic amines) is 1. The minimum atomic E-state index is -0.848. The molecular formula is C19H20N2O3. The van der Waals surface area contributed by atoms with Crippen LogP contribution in [-0.4, -0.2) is 33.4 Å². The molecule has 0 saturated carbocycles. The van der Waals surface area contributed by atoms with E-state index in [0.29, 0.717) is 19.4 Å². The molecule has 1 aromatic heterocycles. The summed E-state index contributed by atoms with van der Waals surface area (Å²) in [7, 11) is 0. The van der Waals surface area contributed by atoms with Crippen LogP contribution in [0.15, 0.2) is 54.7 Å². The number of amides is 1. The second-order valence-electron chi connectivity index (χ2n) is 6.00. The maximum Gasteiger partial charge on any atom is 0.308 e. The molecular weight excluding hydrogens is 304 g/mol. The molecule has 5 heteroatoms. The molecule has 1 aromatic carbocycles. The van der Waals surface area contributed by atoms with Crippen molar-refractivity contribution in [3.05, 3.63) is 66.0 Å². The van der Waals surface area contributed by atoms with Crippen molar-refractivity contribution >= 4 is 11.9 Å². The Balaban J connectivity index is 1.87. The van der Waals surface area contributed by atoms with E-state index in [1.807, 2.05) is 48.5 Å². The van der Waals surface area contributed by atoms with Gasteiger partial charge >= 0.3 is 5.97 Å². The number of piperidine rings is 1. The van der Waals surface area contributed by atoms with Gasteiger partial charge in [0.2, 0.25) is 5.91 Å². The minimum absolute atomic E-state index is 0.0114. The second-order valence-corrected chi connectivity index (χ2v) is 6.00. The van der Waals surface area contributed by atoms with E-state index < -0.39 is 17.9 Å². The highest BCUT2D eigenvalue weighted by atomic mass is 16.4. The summed E-state index contributed by atoms with van der Waals surface area (Å²) < 4.78 is 0. The SMILES string of the molecule is O=C(O)[C@H]1CCC(=O)N(CCc2ccccn2)[C@@H]1c1ccccc1. The molecule has 0 unspecified atom stereocenters. The van der Waals surface area contributed by atoms with E-state index in [1.54, 1.807) is 11.1 Å². The molecule has 1 aliphatic rings. The average Bonchev–Trinajstić information content (AvgIpc) is 2.61. The van der Waals surface area contributed by atoms with Gasteiger partial charge in [-0.2, -0.15) is 0 Å². The predicted octanol–water partition coefficient (Wildman–Crippen LogP) is 2.69. The number of rotatable bonds is 5. The Hall–Kier alpha value is -2.69. The molecule has 1 amide bonds. The summed E-state index contributed by atoms with van der Waals surface area (Å²) >= 11 is 0. The van der Waals surface area contributed by atoms with Gasteiger partial charge in [-0.05, 0) is 24.1 Å². The lowest BCUT2D eigenvalue weighted by Crippen LogP contribution is -2.46. The van der Waals surface area contributed by atoms with Crippen molar-refractivity contribution in [2.24, 2.45) is 5.92 Å². The lowest BCUT2D eigenvalue weighted by atomic mass is 9.84. The molecule has 0 radical (unpaired) electrons. The van der Waals surface area contributed by atoms with E-state index in [-0.39, 0.29) is 12.3 Å². The Bertz CT molecular complexity index is 703. The molecule has 3 rings (SSSR count). The summed E-state index contributed by atoms with van der Waals surface area (Å²) in [6.45, 7) is 0.471. The number of benzene rings is 1. The Morgan fingerprint density at radius 2 is 1.92 bits per heavy atom. The van der Waals surface area contributed by atoms with Crippen LogP contribution in [0.4, 0.5) is 0 Å². The number of carboxylic acid groups (broad SMARTS) is 1.